The van der Waals surface area contributed by atoms with Crippen molar-refractivity contribution in [3.8, 4) is 6.07 Å². The minimum Gasteiger partial charge on any atom is -0.396 e. The zero-order valence-corrected chi connectivity index (χ0v) is 10.4. The van der Waals surface area contributed by atoms with Gasteiger partial charge in [-0.05, 0) is 37.5 Å². The zero-order valence-electron chi connectivity index (χ0n) is 10.4. The van der Waals surface area contributed by atoms with Crippen molar-refractivity contribution >= 4 is 5.91 Å². The van der Waals surface area contributed by atoms with Crippen LogP contribution in [0.3, 0.4) is 0 Å². The van der Waals surface area contributed by atoms with Crippen LogP contribution in [0.2, 0.25) is 0 Å². The van der Waals surface area contributed by atoms with E-state index >= 15 is 0 Å². The molecule has 1 N–H and O–H groups in total. The molecule has 1 aliphatic carbocycles. The molecule has 2 aliphatic rings. The summed E-state index contributed by atoms with van der Waals surface area (Å²) in [5, 5.41) is 18.1. The van der Waals surface area contributed by atoms with Crippen molar-refractivity contribution in [3.63, 3.8) is 0 Å². The largest absolute Gasteiger partial charge is 0.396 e. The molecule has 0 radical (unpaired) electrons. The molecule has 0 aromatic carbocycles. The van der Waals surface area contributed by atoms with Gasteiger partial charge >= 0.3 is 0 Å². The van der Waals surface area contributed by atoms with Crippen LogP contribution >= 0.6 is 0 Å². The van der Waals surface area contributed by atoms with Crippen LogP contribution in [0, 0.1) is 28.6 Å². The summed E-state index contributed by atoms with van der Waals surface area (Å²) in [6.07, 6.45) is 3.15. The Hall–Kier alpha value is -1.08. The van der Waals surface area contributed by atoms with Crippen molar-refractivity contribution < 1.29 is 9.90 Å². The first-order valence-corrected chi connectivity index (χ1v) is 6.43. The fourth-order valence-corrected chi connectivity index (χ4v) is 3.18. The summed E-state index contributed by atoms with van der Waals surface area (Å²) in [5.74, 6) is 0.935. The van der Waals surface area contributed by atoms with Gasteiger partial charge in [-0.15, -0.1) is 0 Å². The van der Waals surface area contributed by atoms with Gasteiger partial charge in [0.25, 0.3) is 0 Å². The van der Waals surface area contributed by atoms with E-state index in [1.54, 1.807) is 0 Å². The van der Waals surface area contributed by atoms with Gasteiger partial charge < -0.3 is 10.0 Å². The molecule has 2 rings (SSSR count). The molecule has 1 unspecified atom stereocenters. The van der Waals surface area contributed by atoms with Gasteiger partial charge in [0.2, 0.25) is 5.91 Å². The normalized spacial score (nSPS) is 36.4. The highest BCUT2D eigenvalue weighted by atomic mass is 16.3. The number of carbonyl (C=O) groups excluding carboxylic acids is 1. The van der Waals surface area contributed by atoms with Crippen molar-refractivity contribution in [2.45, 2.75) is 32.6 Å². The summed E-state index contributed by atoms with van der Waals surface area (Å²) in [7, 11) is 0. The van der Waals surface area contributed by atoms with Crippen molar-refractivity contribution in [1.82, 2.24) is 4.90 Å². The van der Waals surface area contributed by atoms with Gasteiger partial charge in [0.05, 0.1) is 6.07 Å². The lowest BCUT2D eigenvalue weighted by Gasteiger charge is -2.41. The maximum absolute atomic E-state index is 12.3. The van der Waals surface area contributed by atoms with Crippen molar-refractivity contribution in [2.24, 2.45) is 17.3 Å². The lowest BCUT2D eigenvalue weighted by atomic mass is 9.63. The number of aliphatic hydroxyl groups excluding tert-OH is 1. The number of hydrogen-bond donors (Lipinski definition) is 1. The molecule has 0 aromatic heterocycles. The van der Waals surface area contributed by atoms with E-state index in [0.717, 1.165) is 25.9 Å². The number of hydrogen-bond acceptors (Lipinski definition) is 3. The van der Waals surface area contributed by atoms with E-state index in [1.807, 2.05) is 4.90 Å². The third kappa shape index (κ3) is 2.16. The third-order valence-electron chi connectivity index (χ3n) is 4.13. The number of nitriles is 1. The molecule has 1 aliphatic heterocycles. The van der Waals surface area contributed by atoms with E-state index < -0.39 is 5.41 Å². The molecular formula is C13H20N2O2. The number of aliphatic hydroxyl groups is 1. The van der Waals surface area contributed by atoms with Crippen LogP contribution in [0.1, 0.15) is 32.6 Å². The molecule has 4 heteroatoms. The smallest absolute Gasteiger partial charge is 0.243 e. The Balaban J connectivity index is 1.95. The second-order valence-electron chi connectivity index (χ2n) is 5.63. The van der Waals surface area contributed by atoms with Crippen molar-refractivity contribution in [3.05, 3.63) is 0 Å². The van der Waals surface area contributed by atoms with E-state index in [1.165, 1.54) is 0 Å². The van der Waals surface area contributed by atoms with E-state index in [2.05, 4.69) is 13.0 Å². The SMILES string of the molecule is CC1CC(C#N)(C(=O)N2CCC(CCO)C2)C1. The fraction of sp³-hybridized carbons (Fsp3) is 0.846. The summed E-state index contributed by atoms with van der Waals surface area (Å²) in [4.78, 5) is 14.1. The maximum atomic E-state index is 12.3. The minimum atomic E-state index is -0.729. The minimum absolute atomic E-state index is 0.0264. The van der Waals surface area contributed by atoms with Crippen LogP contribution in [0.5, 0.6) is 0 Å². The van der Waals surface area contributed by atoms with Crippen LogP contribution in [0.25, 0.3) is 0 Å². The first kappa shape index (κ1) is 12.4. The lowest BCUT2D eigenvalue weighted by Crippen LogP contribution is -2.49. The molecule has 1 saturated carbocycles. The number of nitrogens with zero attached hydrogens (tertiary/aromatic N) is 2. The second-order valence-corrected chi connectivity index (χ2v) is 5.63. The monoisotopic (exact) mass is 236 g/mol. The number of rotatable bonds is 3. The Bertz CT molecular complexity index is 342. The maximum Gasteiger partial charge on any atom is 0.243 e. The average molecular weight is 236 g/mol. The van der Waals surface area contributed by atoms with Gasteiger partial charge in [-0.3, -0.25) is 4.79 Å². The number of carbonyl (C=O) groups is 1. The predicted octanol–water partition coefficient (Wildman–Crippen LogP) is 1.16. The topological polar surface area (TPSA) is 64.3 Å². The standard InChI is InChI=1S/C13H20N2O2/c1-10-6-13(7-10,9-14)12(17)15-4-2-11(8-15)3-5-16/h10-11,16H,2-8H2,1H3. The Morgan fingerprint density at radius 2 is 2.29 bits per heavy atom. The van der Waals surface area contributed by atoms with Crippen molar-refractivity contribution in [1.29, 1.82) is 5.26 Å². The van der Waals surface area contributed by atoms with E-state index in [0.29, 0.717) is 24.7 Å². The fourth-order valence-electron chi connectivity index (χ4n) is 3.18. The summed E-state index contributed by atoms with van der Waals surface area (Å²) in [6.45, 7) is 3.74. The highest BCUT2D eigenvalue weighted by molar-refractivity contribution is 5.86. The second kappa shape index (κ2) is 4.66. The first-order chi connectivity index (χ1) is 8.11. The van der Waals surface area contributed by atoms with Gasteiger partial charge in [-0.1, -0.05) is 6.92 Å². The van der Waals surface area contributed by atoms with Gasteiger partial charge in [-0.25, -0.2) is 0 Å². The van der Waals surface area contributed by atoms with Crippen LogP contribution in [-0.2, 0) is 4.79 Å². The Kier molecular flexibility index (Phi) is 3.39. The quantitative estimate of drug-likeness (QED) is 0.799. The molecule has 4 nitrogen and oxygen atoms in total. The average Bonchev–Trinajstić information content (AvgIpc) is 2.72. The predicted molar refractivity (Wildman–Crippen MR) is 62.8 cm³/mol. The number of amides is 1. The molecule has 1 amide bonds. The lowest BCUT2D eigenvalue weighted by molar-refractivity contribution is -0.144. The number of likely N-dealkylation sites (tertiary alicyclic amines) is 1. The zero-order chi connectivity index (χ0) is 12.5. The van der Waals surface area contributed by atoms with Crippen LogP contribution in [-0.4, -0.2) is 35.6 Å². The Morgan fingerprint density at radius 3 is 2.82 bits per heavy atom. The third-order valence-corrected chi connectivity index (χ3v) is 4.13. The molecule has 94 valence electrons. The molecule has 1 saturated heterocycles. The van der Waals surface area contributed by atoms with E-state index in [-0.39, 0.29) is 12.5 Å². The highest BCUT2D eigenvalue weighted by Crippen LogP contribution is 2.46. The summed E-state index contributed by atoms with van der Waals surface area (Å²) >= 11 is 0. The summed E-state index contributed by atoms with van der Waals surface area (Å²) in [5.41, 5.74) is -0.729. The molecular weight excluding hydrogens is 216 g/mol. The Labute approximate surface area is 102 Å². The molecule has 2 fully saturated rings. The molecule has 0 spiro atoms. The van der Waals surface area contributed by atoms with Crippen molar-refractivity contribution in [2.75, 3.05) is 19.7 Å². The van der Waals surface area contributed by atoms with E-state index in [9.17, 15) is 10.1 Å². The Morgan fingerprint density at radius 1 is 1.59 bits per heavy atom. The molecule has 0 aromatic rings. The van der Waals surface area contributed by atoms with Crippen LogP contribution in [0.15, 0.2) is 0 Å². The van der Waals surface area contributed by atoms with E-state index in [4.69, 9.17) is 5.11 Å². The highest BCUT2D eigenvalue weighted by Gasteiger charge is 2.51. The molecule has 17 heavy (non-hydrogen) atoms. The van der Waals surface area contributed by atoms with Crippen LogP contribution in [0.4, 0.5) is 0 Å². The van der Waals surface area contributed by atoms with Gasteiger partial charge in [-0.2, -0.15) is 5.26 Å². The molecule has 0 bridgehead atoms. The molecule has 1 heterocycles. The van der Waals surface area contributed by atoms with Gasteiger partial charge in [0.15, 0.2) is 0 Å². The van der Waals surface area contributed by atoms with Gasteiger partial charge in [0, 0.05) is 19.7 Å². The van der Waals surface area contributed by atoms with Crippen LogP contribution < -0.4 is 0 Å². The summed E-state index contributed by atoms with van der Waals surface area (Å²) in [6, 6.07) is 2.23. The first-order valence-electron chi connectivity index (χ1n) is 6.43. The summed E-state index contributed by atoms with van der Waals surface area (Å²) < 4.78 is 0. The molecule has 1 atom stereocenters. The van der Waals surface area contributed by atoms with Gasteiger partial charge in [0.1, 0.15) is 5.41 Å².